The summed E-state index contributed by atoms with van der Waals surface area (Å²) in [5, 5.41) is 8.59. The van der Waals surface area contributed by atoms with Crippen molar-refractivity contribution in [3.63, 3.8) is 0 Å². The van der Waals surface area contributed by atoms with Gasteiger partial charge in [-0.3, -0.25) is 0 Å². The van der Waals surface area contributed by atoms with Gasteiger partial charge in [0.2, 0.25) is 0 Å². The van der Waals surface area contributed by atoms with Crippen molar-refractivity contribution in [1.82, 2.24) is 0 Å². The Morgan fingerprint density at radius 3 is 2.36 bits per heavy atom. The van der Waals surface area contributed by atoms with Gasteiger partial charge < -0.3 is 28.0 Å². The maximum Gasteiger partial charge on any atom is 0.335 e. The summed E-state index contributed by atoms with van der Waals surface area (Å²) < 4.78 is 5.17. The minimum Gasteiger partial charge on any atom is -1.00 e. The Bertz CT molecular complexity index is 287. The zero-order valence-electron chi connectivity index (χ0n) is 7.44. The lowest BCUT2D eigenvalue weighted by atomic mass is 10.2. The fraction of sp³-hybridized carbons (Fsp3) is 0.222. The lowest BCUT2D eigenvalue weighted by Gasteiger charge is -2.03. The largest absolute Gasteiger partial charge is 1.00 e. The molecule has 1 aromatic rings. The number of aromatic carboxylic acids is 1. The monoisotopic (exact) mass is 216 g/mol. The van der Waals surface area contributed by atoms with Crippen LogP contribution in [0.25, 0.3) is 0 Å². The van der Waals surface area contributed by atoms with Gasteiger partial charge in [0, 0.05) is 6.54 Å². The van der Waals surface area contributed by atoms with Gasteiger partial charge >= 0.3 is 5.97 Å². The van der Waals surface area contributed by atoms with E-state index in [-0.39, 0.29) is 18.0 Å². The summed E-state index contributed by atoms with van der Waals surface area (Å²) in [6.45, 7) is 0.882. The van der Waals surface area contributed by atoms with Crippen LogP contribution in [0.1, 0.15) is 10.4 Å². The van der Waals surface area contributed by atoms with Crippen molar-refractivity contribution in [2.45, 2.75) is 0 Å². The molecule has 0 aromatic heterocycles. The summed E-state index contributed by atoms with van der Waals surface area (Å²) in [5.74, 6) is -0.305. The smallest absolute Gasteiger partial charge is 0.335 e. The molecule has 1 rings (SSSR count). The number of carboxylic acids is 1. The third kappa shape index (κ3) is 3.64. The van der Waals surface area contributed by atoms with E-state index in [1.54, 1.807) is 12.1 Å². The van der Waals surface area contributed by atoms with Crippen molar-refractivity contribution in [2.75, 3.05) is 13.2 Å². The minimum atomic E-state index is -0.939. The van der Waals surface area contributed by atoms with Crippen LogP contribution in [0, 0.1) is 0 Å². The number of carbonyl (C=O) groups is 1. The summed E-state index contributed by atoms with van der Waals surface area (Å²) in [6, 6.07) is 6.21. The van der Waals surface area contributed by atoms with Crippen molar-refractivity contribution >= 4 is 5.97 Å². The maximum atomic E-state index is 10.5. The Labute approximate surface area is 88.1 Å². The summed E-state index contributed by atoms with van der Waals surface area (Å²) in [7, 11) is 0. The lowest BCUT2D eigenvalue weighted by Crippen LogP contribution is -3.00. The molecule has 1 aromatic carbocycles. The van der Waals surface area contributed by atoms with E-state index in [1.807, 2.05) is 0 Å². The standard InChI is InChI=1S/C9H11NO3.ClH/c10-5-6-13-8-3-1-7(2-4-8)9(11)12;/h1-4H,5-6,10H2,(H,11,12);1H/p-1. The molecule has 0 heterocycles. The summed E-state index contributed by atoms with van der Waals surface area (Å²) >= 11 is 0. The minimum absolute atomic E-state index is 0. The van der Waals surface area contributed by atoms with Gasteiger partial charge in [-0.15, -0.1) is 0 Å². The number of nitrogens with two attached hydrogens (primary N) is 1. The SMILES string of the molecule is NCCOc1ccc(C(=O)O)cc1.[Cl-]. The number of carboxylic acid groups (broad SMARTS) is 1. The third-order valence-electron chi connectivity index (χ3n) is 1.49. The van der Waals surface area contributed by atoms with Crippen LogP contribution in [-0.4, -0.2) is 24.2 Å². The first kappa shape index (κ1) is 12.7. The second-order valence-corrected chi connectivity index (χ2v) is 2.47. The van der Waals surface area contributed by atoms with Crippen LogP contribution < -0.4 is 22.9 Å². The van der Waals surface area contributed by atoms with E-state index in [0.717, 1.165) is 0 Å². The van der Waals surface area contributed by atoms with Gasteiger partial charge in [0.15, 0.2) is 0 Å². The molecule has 3 N–H and O–H groups in total. The van der Waals surface area contributed by atoms with E-state index in [4.69, 9.17) is 15.6 Å². The van der Waals surface area contributed by atoms with E-state index < -0.39 is 5.97 Å². The molecule has 14 heavy (non-hydrogen) atoms. The number of rotatable bonds is 4. The maximum absolute atomic E-state index is 10.5. The molecule has 5 heteroatoms. The highest BCUT2D eigenvalue weighted by Gasteiger charge is 2.01. The molecule has 0 saturated heterocycles. The molecule has 0 aliphatic rings. The van der Waals surface area contributed by atoms with Crippen molar-refractivity contribution in [3.05, 3.63) is 29.8 Å². The molecule has 0 spiro atoms. The van der Waals surface area contributed by atoms with Crippen molar-refractivity contribution in [3.8, 4) is 5.75 Å². The molecule has 78 valence electrons. The van der Waals surface area contributed by atoms with Crippen LogP contribution in [0.5, 0.6) is 5.75 Å². The average molecular weight is 217 g/mol. The molecule has 0 bridgehead atoms. The highest BCUT2D eigenvalue weighted by atomic mass is 35.5. The number of hydrogen-bond acceptors (Lipinski definition) is 3. The Balaban J connectivity index is 0.00000169. The zero-order valence-corrected chi connectivity index (χ0v) is 8.20. The second-order valence-electron chi connectivity index (χ2n) is 2.47. The van der Waals surface area contributed by atoms with Crippen LogP contribution in [0.2, 0.25) is 0 Å². The number of benzene rings is 1. The van der Waals surface area contributed by atoms with E-state index in [9.17, 15) is 4.79 Å². The first-order chi connectivity index (χ1) is 6.24. The topological polar surface area (TPSA) is 72.5 Å². The van der Waals surface area contributed by atoms with Crippen molar-refractivity contribution in [2.24, 2.45) is 5.73 Å². The molecule has 0 atom stereocenters. The third-order valence-corrected chi connectivity index (χ3v) is 1.49. The van der Waals surface area contributed by atoms with Crippen LogP contribution in [0.15, 0.2) is 24.3 Å². The molecule has 0 saturated carbocycles. The number of ether oxygens (including phenoxy) is 1. The van der Waals surface area contributed by atoms with Gasteiger partial charge in [-0.1, -0.05) is 0 Å². The van der Waals surface area contributed by atoms with E-state index in [0.29, 0.717) is 18.9 Å². The Morgan fingerprint density at radius 2 is 1.93 bits per heavy atom. The summed E-state index contributed by atoms with van der Waals surface area (Å²) in [5.41, 5.74) is 5.49. The Kier molecular flexibility index (Phi) is 5.67. The fourth-order valence-corrected chi connectivity index (χ4v) is 0.871. The molecule has 0 aliphatic carbocycles. The number of halogens is 1. The lowest BCUT2D eigenvalue weighted by molar-refractivity contribution is -0.0000188. The van der Waals surface area contributed by atoms with Gasteiger partial charge in [-0.2, -0.15) is 0 Å². The average Bonchev–Trinajstić information content (AvgIpc) is 2.15. The molecular formula is C9H11ClNO3-. The van der Waals surface area contributed by atoms with E-state index >= 15 is 0 Å². The molecule has 0 radical (unpaired) electrons. The summed E-state index contributed by atoms with van der Waals surface area (Å²) in [4.78, 5) is 10.5. The van der Waals surface area contributed by atoms with Crippen LogP contribution in [-0.2, 0) is 0 Å². The second kappa shape index (κ2) is 6.23. The van der Waals surface area contributed by atoms with Crippen LogP contribution >= 0.6 is 0 Å². The highest BCUT2D eigenvalue weighted by molar-refractivity contribution is 5.87. The molecule has 0 amide bonds. The molecular weight excluding hydrogens is 206 g/mol. The predicted octanol–water partition coefficient (Wildman–Crippen LogP) is -2.27. The van der Waals surface area contributed by atoms with Crippen molar-refractivity contribution in [1.29, 1.82) is 0 Å². The predicted molar refractivity (Wildman–Crippen MR) is 48.0 cm³/mol. The molecule has 0 aliphatic heterocycles. The van der Waals surface area contributed by atoms with Gasteiger partial charge in [0.05, 0.1) is 5.56 Å². The quantitative estimate of drug-likeness (QED) is 0.595. The van der Waals surface area contributed by atoms with Crippen LogP contribution in [0.4, 0.5) is 0 Å². The van der Waals surface area contributed by atoms with Crippen LogP contribution in [0.3, 0.4) is 0 Å². The Hall–Kier alpha value is -1.26. The highest BCUT2D eigenvalue weighted by Crippen LogP contribution is 2.11. The first-order valence-electron chi connectivity index (χ1n) is 3.90. The first-order valence-corrected chi connectivity index (χ1v) is 3.90. The normalized spacial score (nSPS) is 8.93. The van der Waals surface area contributed by atoms with Gasteiger partial charge in [-0.25, -0.2) is 4.79 Å². The fourth-order valence-electron chi connectivity index (χ4n) is 0.871. The van der Waals surface area contributed by atoms with Gasteiger partial charge in [0.1, 0.15) is 12.4 Å². The van der Waals surface area contributed by atoms with E-state index in [2.05, 4.69) is 0 Å². The molecule has 0 unspecified atom stereocenters. The van der Waals surface area contributed by atoms with Gasteiger partial charge in [0.25, 0.3) is 0 Å². The molecule has 0 fully saturated rings. The van der Waals surface area contributed by atoms with Crippen molar-refractivity contribution < 1.29 is 27.0 Å². The number of hydrogen-bond donors (Lipinski definition) is 2. The zero-order chi connectivity index (χ0) is 9.68. The van der Waals surface area contributed by atoms with E-state index in [1.165, 1.54) is 12.1 Å². The molecule has 4 nitrogen and oxygen atoms in total. The van der Waals surface area contributed by atoms with Gasteiger partial charge in [-0.05, 0) is 24.3 Å². The summed E-state index contributed by atoms with van der Waals surface area (Å²) in [6.07, 6.45) is 0. The Morgan fingerprint density at radius 1 is 1.36 bits per heavy atom.